The van der Waals surface area contributed by atoms with Crippen LogP contribution >= 0.6 is 0 Å². The van der Waals surface area contributed by atoms with Crippen molar-refractivity contribution in [3.05, 3.63) is 65.9 Å². The van der Waals surface area contributed by atoms with E-state index in [9.17, 15) is 9.90 Å². The molecule has 1 amide bonds. The van der Waals surface area contributed by atoms with Gasteiger partial charge >= 0.3 is 0 Å². The number of hydrogen-bond donors (Lipinski definition) is 3. The highest BCUT2D eigenvalue weighted by molar-refractivity contribution is 6.01. The number of fused-ring (bicyclic) bond motifs is 1. The number of aryl methyl sites for hydroxylation is 1. The Kier molecular flexibility index (Phi) is 6.26. The van der Waals surface area contributed by atoms with Gasteiger partial charge in [-0.2, -0.15) is 0 Å². The molecular formula is C24H28N4O2. The molecule has 1 fully saturated rings. The minimum atomic E-state index is -0.00105. The van der Waals surface area contributed by atoms with E-state index in [-0.39, 0.29) is 12.5 Å². The zero-order valence-corrected chi connectivity index (χ0v) is 17.3. The number of hydrogen-bond acceptors (Lipinski definition) is 5. The molecule has 1 aliphatic rings. The molecule has 0 aliphatic carbocycles. The standard InChI is InChI=1S/C24H28N4O2/c1-17-7-8-21(18(14-17)16-29)26-19-9-12-28(13-10-19)15-24(30)27-23-6-2-5-22-20(23)4-3-11-25-22/h2-8,11,14,19,26,29H,9-10,12-13,15-16H2,1H3,(H,27,30). The summed E-state index contributed by atoms with van der Waals surface area (Å²) in [7, 11) is 0. The molecule has 0 bridgehead atoms. The van der Waals surface area contributed by atoms with Crippen LogP contribution in [-0.2, 0) is 11.4 Å². The maximum atomic E-state index is 12.6. The largest absolute Gasteiger partial charge is 0.392 e. The third-order valence-electron chi connectivity index (χ3n) is 5.67. The van der Waals surface area contributed by atoms with E-state index in [1.165, 1.54) is 0 Å². The van der Waals surface area contributed by atoms with E-state index in [4.69, 9.17) is 0 Å². The molecule has 1 aliphatic heterocycles. The van der Waals surface area contributed by atoms with Gasteiger partial charge in [0.15, 0.2) is 0 Å². The Bertz CT molecular complexity index is 1020. The van der Waals surface area contributed by atoms with Crippen LogP contribution in [0, 0.1) is 6.92 Å². The molecule has 0 radical (unpaired) electrons. The Morgan fingerprint density at radius 1 is 1.13 bits per heavy atom. The number of nitrogens with zero attached hydrogens (tertiary/aromatic N) is 2. The lowest BCUT2D eigenvalue weighted by Gasteiger charge is -2.32. The molecule has 1 aromatic heterocycles. The lowest BCUT2D eigenvalue weighted by molar-refractivity contribution is -0.117. The zero-order chi connectivity index (χ0) is 20.9. The number of pyridine rings is 1. The number of anilines is 2. The summed E-state index contributed by atoms with van der Waals surface area (Å²) in [5.74, 6) is -0.00105. The van der Waals surface area contributed by atoms with Crippen LogP contribution in [-0.4, -0.2) is 46.6 Å². The molecule has 4 rings (SSSR count). The van der Waals surface area contributed by atoms with Crippen molar-refractivity contribution in [2.75, 3.05) is 30.3 Å². The average molecular weight is 405 g/mol. The summed E-state index contributed by atoms with van der Waals surface area (Å²) in [6.07, 6.45) is 3.68. The van der Waals surface area contributed by atoms with E-state index >= 15 is 0 Å². The van der Waals surface area contributed by atoms with Crippen molar-refractivity contribution in [3.63, 3.8) is 0 Å². The molecular weight excluding hydrogens is 376 g/mol. The van der Waals surface area contributed by atoms with Gasteiger partial charge in [-0.1, -0.05) is 23.8 Å². The van der Waals surface area contributed by atoms with Crippen LogP contribution in [0.2, 0.25) is 0 Å². The van der Waals surface area contributed by atoms with Crippen molar-refractivity contribution >= 4 is 28.2 Å². The van der Waals surface area contributed by atoms with Gasteiger partial charge in [0.05, 0.1) is 24.4 Å². The van der Waals surface area contributed by atoms with Crippen LogP contribution < -0.4 is 10.6 Å². The van der Waals surface area contributed by atoms with E-state index in [0.29, 0.717) is 12.6 Å². The molecule has 6 heteroatoms. The summed E-state index contributed by atoms with van der Waals surface area (Å²) < 4.78 is 0. The molecule has 0 spiro atoms. The van der Waals surface area contributed by atoms with Crippen LogP contribution in [0.1, 0.15) is 24.0 Å². The highest BCUT2D eigenvalue weighted by Gasteiger charge is 2.21. The second-order valence-corrected chi connectivity index (χ2v) is 7.94. The predicted molar refractivity (Wildman–Crippen MR) is 121 cm³/mol. The fourth-order valence-corrected chi connectivity index (χ4v) is 4.05. The van der Waals surface area contributed by atoms with E-state index < -0.39 is 0 Å². The molecule has 3 N–H and O–H groups in total. The molecule has 2 heterocycles. The number of aromatic nitrogens is 1. The van der Waals surface area contributed by atoms with E-state index in [2.05, 4.69) is 26.6 Å². The van der Waals surface area contributed by atoms with Gasteiger partial charge in [-0.05, 0) is 50.1 Å². The van der Waals surface area contributed by atoms with Gasteiger partial charge in [0, 0.05) is 42.0 Å². The first kappa shape index (κ1) is 20.3. The molecule has 0 atom stereocenters. The third-order valence-corrected chi connectivity index (χ3v) is 5.67. The number of carbonyl (C=O) groups excluding carboxylic acids is 1. The fourth-order valence-electron chi connectivity index (χ4n) is 4.05. The molecule has 3 aromatic rings. The second-order valence-electron chi connectivity index (χ2n) is 7.94. The first-order valence-electron chi connectivity index (χ1n) is 10.5. The Balaban J connectivity index is 1.30. The van der Waals surface area contributed by atoms with Crippen LogP contribution in [0.15, 0.2) is 54.7 Å². The zero-order valence-electron chi connectivity index (χ0n) is 17.3. The van der Waals surface area contributed by atoms with E-state index in [1.807, 2.05) is 49.4 Å². The smallest absolute Gasteiger partial charge is 0.238 e. The Labute approximate surface area is 176 Å². The summed E-state index contributed by atoms with van der Waals surface area (Å²) in [6.45, 7) is 4.18. The summed E-state index contributed by atoms with van der Waals surface area (Å²) in [5, 5.41) is 17.2. The number of aliphatic hydroxyl groups is 1. The SMILES string of the molecule is Cc1ccc(NC2CCN(CC(=O)Nc3cccc4ncccc34)CC2)c(CO)c1. The van der Waals surface area contributed by atoms with Crippen molar-refractivity contribution in [1.82, 2.24) is 9.88 Å². The lowest BCUT2D eigenvalue weighted by atomic mass is 10.0. The van der Waals surface area contributed by atoms with Crippen molar-refractivity contribution in [2.24, 2.45) is 0 Å². The quantitative estimate of drug-likeness (QED) is 0.586. The highest BCUT2D eigenvalue weighted by atomic mass is 16.3. The minimum Gasteiger partial charge on any atom is -0.392 e. The normalized spacial score (nSPS) is 15.3. The van der Waals surface area contributed by atoms with Crippen molar-refractivity contribution in [3.8, 4) is 0 Å². The molecule has 156 valence electrons. The van der Waals surface area contributed by atoms with Crippen LogP contribution in [0.4, 0.5) is 11.4 Å². The number of benzene rings is 2. The molecule has 2 aromatic carbocycles. The first-order valence-corrected chi connectivity index (χ1v) is 10.5. The van der Waals surface area contributed by atoms with Gasteiger partial charge in [-0.3, -0.25) is 14.7 Å². The first-order chi connectivity index (χ1) is 14.6. The maximum absolute atomic E-state index is 12.6. The third kappa shape index (κ3) is 4.78. The topological polar surface area (TPSA) is 77.5 Å². The minimum absolute atomic E-state index is 0.00105. The molecule has 1 saturated heterocycles. The van der Waals surface area contributed by atoms with Crippen molar-refractivity contribution < 1.29 is 9.90 Å². The number of likely N-dealkylation sites (tertiary alicyclic amines) is 1. The van der Waals surface area contributed by atoms with Gasteiger partial charge in [0.1, 0.15) is 0 Å². The fraction of sp³-hybridized carbons (Fsp3) is 0.333. The number of amides is 1. The number of carbonyl (C=O) groups is 1. The van der Waals surface area contributed by atoms with Crippen LogP contribution in [0.25, 0.3) is 10.9 Å². The van der Waals surface area contributed by atoms with Crippen molar-refractivity contribution in [1.29, 1.82) is 0 Å². The highest BCUT2D eigenvalue weighted by Crippen LogP contribution is 2.23. The van der Waals surface area contributed by atoms with Gasteiger partial charge < -0.3 is 15.7 Å². The number of piperidine rings is 1. The summed E-state index contributed by atoms with van der Waals surface area (Å²) in [4.78, 5) is 19.1. The monoisotopic (exact) mass is 404 g/mol. The number of nitrogens with one attached hydrogen (secondary N) is 2. The molecule has 0 unspecified atom stereocenters. The average Bonchev–Trinajstić information content (AvgIpc) is 2.76. The second kappa shape index (κ2) is 9.24. The Hall–Kier alpha value is -2.96. The summed E-state index contributed by atoms with van der Waals surface area (Å²) in [6, 6.07) is 16.1. The number of aliphatic hydroxyl groups excluding tert-OH is 1. The van der Waals surface area contributed by atoms with E-state index in [0.717, 1.165) is 59.3 Å². The predicted octanol–water partition coefficient (Wildman–Crippen LogP) is 3.55. The van der Waals surface area contributed by atoms with Gasteiger partial charge in [-0.25, -0.2) is 0 Å². The molecule has 30 heavy (non-hydrogen) atoms. The lowest BCUT2D eigenvalue weighted by Crippen LogP contribution is -2.42. The maximum Gasteiger partial charge on any atom is 0.238 e. The Morgan fingerprint density at radius 2 is 1.97 bits per heavy atom. The number of rotatable bonds is 6. The van der Waals surface area contributed by atoms with Gasteiger partial charge in [-0.15, -0.1) is 0 Å². The van der Waals surface area contributed by atoms with Gasteiger partial charge in [0.2, 0.25) is 5.91 Å². The summed E-state index contributed by atoms with van der Waals surface area (Å²) in [5.41, 5.74) is 4.76. The molecule has 6 nitrogen and oxygen atoms in total. The van der Waals surface area contributed by atoms with Gasteiger partial charge in [0.25, 0.3) is 0 Å². The van der Waals surface area contributed by atoms with Crippen molar-refractivity contribution in [2.45, 2.75) is 32.4 Å². The van der Waals surface area contributed by atoms with E-state index in [1.54, 1.807) is 6.20 Å². The van der Waals surface area contributed by atoms with Crippen LogP contribution in [0.3, 0.4) is 0 Å². The Morgan fingerprint density at radius 3 is 2.77 bits per heavy atom. The molecule has 0 saturated carbocycles. The van der Waals surface area contributed by atoms with Crippen LogP contribution in [0.5, 0.6) is 0 Å². The summed E-state index contributed by atoms with van der Waals surface area (Å²) >= 11 is 0.